The Morgan fingerprint density at radius 3 is 2.48 bits per heavy atom. The SMILES string of the molecule is O=C(O)CC(N1CCN(Cc2ccc(-c3cc4nccc(Oc5ccc(NC(=O)NC6CC6)cc5F)c4s3)nc2)CC1)C(F)(F)F. The fraction of sp³-hybridized carbons (Fsp3) is 0.355. The van der Waals surface area contributed by atoms with Crippen molar-refractivity contribution in [3.05, 3.63) is 66.2 Å². The Bertz CT molecular complexity index is 1720. The van der Waals surface area contributed by atoms with E-state index in [2.05, 4.69) is 20.6 Å². The lowest BCUT2D eigenvalue weighted by molar-refractivity contribution is -0.194. The molecule has 3 aromatic heterocycles. The Morgan fingerprint density at radius 1 is 1.04 bits per heavy atom. The third-order valence-electron chi connectivity index (χ3n) is 7.77. The van der Waals surface area contributed by atoms with Crippen molar-refractivity contribution < 1.29 is 37.0 Å². The molecule has 46 heavy (non-hydrogen) atoms. The number of carboxylic acids is 1. The quantitative estimate of drug-likeness (QED) is 0.175. The fourth-order valence-electron chi connectivity index (χ4n) is 5.25. The lowest BCUT2D eigenvalue weighted by Gasteiger charge is -2.39. The van der Waals surface area contributed by atoms with E-state index in [0.29, 0.717) is 47.0 Å². The minimum Gasteiger partial charge on any atom is -0.481 e. The summed E-state index contributed by atoms with van der Waals surface area (Å²) >= 11 is 1.39. The molecule has 242 valence electrons. The van der Waals surface area contributed by atoms with Gasteiger partial charge in [-0.05, 0) is 42.7 Å². The molecule has 1 aromatic carbocycles. The van der Waals surface area contributed by atoms with E-state index >= 15 is 0 Å². The number of anilines is 1. The number of carbonyl (C=O) groups is 2. The van der Waals surface area contributed by atoms with E-state index in [9.17, 15) is 27.2 Å². The van der Waals surface area contributed by atoms with Crippen LogP contribution in [0.15, 0.2) is 54.9 Å². The predicted molar refractivity (Wildman–Crippen MR) is 163 cm³/mol. The normalized spacial score (nSPS) is 16.7. The largest absolute Gasteiger partial charge is 0.481 e. The minimum absolute atomic E-state index is 0.00488. The van der Waals surface area contributed by atoms with Gasteiger partial charge in [0.05, 0.1) is 27.2 Å². The molecular weight excluding hydrogens is 628 g/mol. The summed E-state index contributed by atoms with van der Waals surface area (Å²) in [5.41, 5.74) is 2.53. The molecule has 2 fully saturated rings. The molecule has 1 aliphatic heterocycles. The molecule has 1 aliphatic carbocycles. The number of ether oxygens (including phenoxy) is 1. The van der Waals surface area contributed by atoms with E-state index in [4.69, 9.17) is 9.84 Å². The number of aromatic nitrogens is 2. The Kier molecular flexibility index (Phi) is 9.06. The van der Waals surface area contributed by atoms with Crippen LogP contribution in [0.3, 0.4) is 0 Å². The number of pyridine rings is 2. The number of rotatable bonds is 10. The number of halogens is 4. The lowest BCUT2D eigenvalue weighted by Crippen LogP contribution is -2.55. The van der Waals surface area contributed by atoms with Crippen LogP contribution in [0, 0.1) is 5.82 Å². The average Bonchev–Trinajstić information content (AvgIpc) is 3.71. The lowest BCUT2D eigenvalue weighted by atomic mass is 10.1. The van der Waals surface area contributed by atoms with Gasteiger partial charge in [-0.3, -0.25) is 24.6 Å². The number of nitrogens with one attached hydrogen (secondary N) is 2. The number of hydrogen-bond acceptors (Lipinski definition) is 8. The molecule has 2 aliphatic rings. The maximum atomic E-state index is 14.9. The van der Waals surface area contributed by atoms with Gasteiger partial charge in [-0.15, -0.1) is 11.3 Å². The molecule has 6 rings (SSSR count). The van der Waals surface area contributed by atoms with Crippen molar-refractivity contribution in [2.45, 2.75) is 44.1 Å². The Labute approximate surface area is 265 Å². The van der Waals surface area contributed by atoms with Gasteiger partial charge >= 0.3 is 18.2 Å². The van der Waals surface area contributed by atoms with Crippen LogP contribution >= 0.6 is 11.3 Å². The molecule has 1 saturated heterocycles. The van der Waals surface area contributed by atoms with Crippen molar-refractivity contribution in [1.82, 2.24) is 25.1 Å². The first kappa shape index (κ1) is 31.6. The highest BCUT2D eigenvalue weighted by molar-refractivity contribution is 7.22. The number of nitrogens with zero attached hydrogens (tertiary/aromatic N) is 4. The van der Waals surface area contributed by atoms with E-state index in [1.165, 1.54) is 28.4 Å². The van der Waals surface area contributed by atoms with Crippen molar-refractivity contribution in [3.63, 3.8) is 0 Å². The van der Waals surface area contributed by atoms with Gasteiger partial charge in [0.1, 0.15) is 11.8 Å². The summed E-state index contributed by atoms with van der Waals surface area (Å²) in [4.78, 5) is 36.0. The van der Waals surface area contributed by atoms with Gasteiger partial charge in [-0.25, -0.2) is 9.18 Å². The molecule has 15 heteroatoms. The van der Waals surface area contributed by atoms with Crippen LogP contribution in [0.5, 0.6) is 11.5 Å². The molecular formula is C31H30F4N6O4S. The first-order valence-corrected chi connectivity index (χ1v) is 15.5. The van der Waals surface area contributed by atoms with Gasteiger partial charge in [-0.2, -0.15) is 13.2 Å². The number of piperazine rings is 1. The Morgan fingerprint density at radius 2 is 1.83 bits per heavy atom. The molecule has 1 saturated carbocycles. The van der Waals surface area contributed by atoms with E-state index in [1.807, 2.05) is 23.1 Å². The maximum Gasteiger partial charge on any atom is 0.404 e. The molecule has 10 nitrogen and oxygen atoms in total. The van der Waals surface area contributed by atoms with Gasteiger partial charge in [0.15, 0.2) is 11.6 Å². The second kappa shape index (κ2) is 13.2. The van der Waals surface area contributed by atoms with Crippen molar-refractivity contribution >= 4 is 39.2 Å². The number of fused-ring (bicyclic) bond motifs is 1. The van der Waals surface area contributed by atoms with Crippen LogP contribution in [-0.4, -0.2) is 81.3 Å². The number of amides is 2. The second-order valence-electron chi connectivity index (χ2n) is 11.3. The third-order valence-corrected chi connectivity index (χ3v) is 8.94. The maximum absolute atomic E-state index is 14.9. The summed E-state index contributed by atoms with van der Waals surface area (Å²) in [5.74, 6) is -1.70. The molecule has 0 spiro atoms. The number of carboxylic acid groups (broad SMARTS) is 1. The topological polar surface area (TPSA) is 120 Å². The summed E-state index contributed by atoms with van der Waals surface area (Å²) in [5, 5.41) is 14.3. The summed E-state index contributed by atoms with van der Waals surface area (Å²) in [6.45, 7) is 1.46. The van der Waals surface area contributed by atoms with Gasteiger partial charge in [0.25, 0.3) is 0 Å². The number of alkyl halides is 3. The van der Waals surface area contributed by atoms with Gasteiger partial charge in [0, 0.05) is 69.0 Å². The van der Waals surface area contributed by atoms with Crippen LogP contribution in [0.25, 0.3) is 20.8 Å². The van der Waals surface area contributed by atoms with Gasteiger partial charge < -0.3 is 20.5 Å². The van der Waals surface area contributed by atoms with E-state index in [1.54, 1.807) is 24.5 Å². The van der Waals surface area contributed by atoms with Crippen LogP contribution in [0.4, 0.5) is 28.0 Å². The number of thiophene rings is 1. The molecule has 2 amide bonds. The summed E-state index contributed by atoms with van der Waals surface area (Å²) in [6, 6.07) is 9.28. The van der Waals surface area contributed by atoms with Crippen molar-refractivity contribution in [2.24, 2.45) is 0 Å². The van der Waals surface area contributed by atoms with Crippen molar-refractivity contribution in [1.29, 1.82) is 0 Å². The number of urea groups is 1. The van der Waals surface area contributed by atoms with Gasteiger partial charge in [0.2, 0.25) is 0 Å². The molecule has 0 bridgehead atoms. The van der Waals surface area contributed by atoms with Crippen LogP contribution < -0.4 is 15.4 Å². The Hall–Kier alpha value is -4.34. The second-order valence-corrected chi connectivity index (χ2v) is 12.3. The first-order valence-electron chi connectivity index (χ1n) is 14.7. The highest BCUT2D eigenvalue weighted by Gasteiger charge is 2.45. The summed E-state index contributed by atoms with van der Waals surface area (Å²) < 4.78 is 61.7. The van der Waals surface area contributed by atoms with E-state index < -0.39 is 30.4 Å². The number of carbonyl (C=O) groups excluding carboxylic acids is 1. The molecule has 0 radical (unpaired) electrons. The average molecular weight is 659 g/mol. The summed E-state index contributed by atoms with van der Waals surface area (Å²) in [7, 11) is 0. The number of hydrogen-bond donors (Lipinski definition) is 3. The van der Waals surface area contributed by atoms with Gasteiger partial charge in [-0.1, -0.05) is 6.07 Å². The number of aliphatic carboxylic acids is 1. The van der Waals surface area contributed by atoms with Crippen LogP contribution in [-0.2, 0) is 11.3 Å². The summed E-state index contributed by atoms with van der Waals surface area (Å²) in [6.07, 6.45) is -0.409. The van der Waals surface area contributed by atoms with Crippen molar-refractivity contribution in [2.75, 3.05) is 31.5 Å². The highest BCUT2D eigenvalue weighted by atomic mass is 32.1. The predicted octanol–water partition coefficient (Wildman–Crippen LogP) is 6.10. The third kappa shape index (κ3) is 7.71. The number of benzene rings is 1. The molecule has 3 N–H and O–H groups in total. The zero-order chi connectivity index (χ0) is 32.4. The minimum atomic E-state index is -4.61. The fourth-order valence-corrected chi connectivity index (χ4v) is 6.30. The van der Waals surface area contributed by atoms with Crippen LogP contribution in [0.2, 0.25) is 0 Å². The smallest absolute Gasteiger partial charge is 0.404 e. The molecule has 1 atom stereocenters. The van der Waals surface area contributed by atoms with E-state index in [-0.39, 0.29) is 30.9 Å². The van der Waals surface area contributed by atoms with Crippen molar-refractivity contribution in [3.8, 4) is 22.1 Å². The zero-order valence-corrected chi connectivity index (χ0v) is 25.2. The molecule has 4 heterocycles. The zero-order valence-electron chi connectivity index (χ0n) is 24.4. The molecule has 4 aromatic rings. The standard InChI is InChI=1S/C31H30F4N6O4S/c32-21-13-20(39-30(44)38-19-2-3-19)4-6-24(21)45-25-7-8-36-23-14-26(46-29(23)25)22-5-1-18(16-37-22)17-40-9-11-41(12-10-40)27(15-28(42)43)31(33,34)35/h1,4-8,13-14,16,19,27H,2-3,9-12,15,17H2,(H,42,43)(H2,38,39,44). The highest BCUT2D eigenvalue weighted by Crippen LogP contribution is 2.39. The molecule has 1 unspecified atom stereocenters. The van der Waals surface area contributed by atoms with E-state index in [0.717, 1.165) is 23.3 Å². The first-order chi connectivity index (χ1) is 22.0. The Balaban J connectivity index is 1.08. The monoisotopic (exact) mass is 658 g/mol. The van der Waals surface area contributed by atoms with Crippen LogP contribution in [0.1, 0.15) is 24.8 Å².